The van der Waals surface area contributed by atoms with E-state index >= 15 is 0 Å². The maximum absolute atomic E-state index is 12.8. The molecule has 1 atom stereocenters. The van der Waals surface area contributed by atoms with Crippen LogP contribution >= 0.6 is 0 Å². The van der Waals surface area contributed by atoms with E-state index in [2.05, 4.69) is 63.3 Å². The van der Waals surface area contributed by atoms with Crippen LogP contribution in [0.5, 0.6) is 0 Å². The highest BCUT2D eigenvalue weighted by molar-refractivity contribution is 5.71. The average molecular weight is 956 g/mol. The summed E-state index contributed by atoms with van der Waals surface area (Å²) in [6.07, 6.45) is 77.6. The molecule has 6 heteroatoms. The van der Waals surface area contributed by atoms with Crippen LogP contribution in [0.4, 0.5) is 0 Å². The Kier molecular flexibility index (Phi) is 53.0. The summed E-state index contributed by atoms with van der Waals surface area (Å²) in [4.78, 5) is 38.1. The zero-order chi connectivity index (χ0) is 50.0. The Bertz CT molecular complexity index is 1470. The first-order valence-electron chi connectivity index (χ1n) is 28.2. The minimum atomic E-state index is -0.814. The number of hydrogen-bond acceptors (Lipinski definition) is 6. The van der Waals surface area contributed by atoms with Gasteiger partial charge in [0, 0.05) is 19.3 Å². The van der Waals surface area contributed by atoms with Gasteiger partial charge in [-0.15, -0.1) is 0 Å². The number of carbonyl (C=O) groups excluding carboxylic acids is 3. The number of unbranched alkanes of at least 4 members (excludes halogenated alkanes) is 26. The Labute approximate surface area is 424 Å². The van der Waals surface area contributed by atoms with E-state index in [0.717, 1.165) is 89.9 Å². The molecule has 0 spiro atoms. The van der Waals surface area contributed by atoms with Crippen LogP contribution in [0.2, 0.25) is 0 Å². The first-order valence-corrected chi connectivity index (χ1v) is 28.2. The lowest BCUT2D eigenvalue weighted by molar-refractivity contribution is -0.167. The molecule has 390 valence electrons. The summed E-state index contributed by atoms with van der Waals surface area (Å²) in [6, 6.07) is 0. The van der Waals surface area contributed by atoms with Crippen molar-refractivity contribution < 1.29 is 28.6 Å². The molecule has 69 heavy (non-hydrogen) atoms. The molecule has 0 fully saturated rings. The molecule has 0 aliphatic rings. The number of rotatable bonds is 49. The minimum absolute atomic E-state index is 0.105. The van der Waals surface area contributed by atoms with Gasteiger partial charge in [0.25, 0.3) is 0 Å². The van der Waals surface area contributed by atoms with Gasteiger partial charge >= 0.3 is 17.9 Å². The van der Waals surface area contributed by atoms with Crippen LogP contribution in [0.15, 0.2) is 122 Å². The van der Waals surface area contributed by atoms with Crippen molar-refractivity contribution in [1.82, 2.24) is 0 Å². The second-order valence-corrected chi connectivity index (χ2v) is 18.3. The summed E-state index contributed by atoms with van der Waals surface area (Å²) in [7, 11) is 0. The maximum atomic E-state index is 12.8. The third-order valence-electron chi connectivity index (χ3n) is 11.7. The fourth-order valence-electron chi connectivity index (χ4n) is 7.54. The van der Waals surface area contributed by atoms with E-state index in [1.807, 2.05) is 79.0 Å². The highest BCUT2D eigenvalue weighted by Crippen LogP contribution is 2.16. The standard InChI is InChI=1S/C63H102O6/c1-4-7-10-13-16-19-22-25-28-30-31-33-35-38-41-44-47-50-53-56-62(65)68-59-60(58-67-61(64)55-52-49-46-43-40-37-34-27-24-21-18-15-12-9-6-3)69-63(66)57-54-51-48-45-42-39-36-32-29-26-23-20-17-14-11-8-5-2/h8-9,11-12,14-15,17-18,20-21,23-24,26-27,29,32,34,36,39,42,60H,4-7,10,13,16,19,22,25,28,30-31,33,35,37-38,40-41,43-59H2,1-3H3/b11-8-,12-9-,17-14-,18-15-,23-20-,24-21-,29-26-,34-27-,36-32+,42-39-. The van der Waals surface area contributed by atoms with Crippen LogP contribution in [0.1, 0.15) is 239 Å². The monoisotopic (exact) mass is 955 g/mol. The fraction of sp³-hybridized carbons (Fsp3) is 0.635. The third kappa shape index (κ3) is 54.6. The minimum Gasteiger partial charge on any atom is -0.462 e. The molecule has 0 rings (SSSR count). The van der Waals surface area contributed by atoms with Crippen molar-refractivity contribution in [1.29, 1.82) is 0 Å². The Morgan fingerprint density at radius 3 is 0.899 bits per heavy atom. The molecule has 0 saturated heterocycles. The predicted octanol–water partition coefficient (Wildman–Crippen LogP) is 18.9. The van der Waals surface area contributed by atoms with Crippen LogP contribution in [0, 0.1) is 0 Å². The summed E-state index contributed by atoms with van der Waals surface area (Å²) in [5.41, 5.74) is 0. The summed E-state index contributed by atoms with van der Waals surface area (Å²) in [5, 5.41) is 0. The van der Waals surface area contributed by atoms with Gasteiger partial charge in [0.15, 0.2) is 6.10 Å². The Balaban J connectivity index is 4.49. The number of ether oxygens (including phenoxy) is 3. The van der Waals surface area contributed by atoms with Gasteiger partial charge in [0.1, 0.15) is 13.2 Å². The molecule has 0 radical (unpaired) electrons. The average Bonchev–Trinajstić information content (AvgIpc) is 3.35. The van der Waals surface area contributed by atoms with E-state index in [1.165, 1.54) is 103 Å². The van der Waals surface area contributed by atoms with E-state index in [-0.39, 0.29) is 37.5 Å². The largest absolute Gasteiger partial charge is 0.462 e. The third-order valence-corrected chi connectivity index (χ3v) is 11.7. The molecule has 1 unspecified atom stereocenters. The van der Waals surface area contributed by atoms with E-state index in [9.17, 15) is 14.4 Å². The van der Waals surface area contributed by atoms with Gasteiger partial charge in [-0.05, 0) is 57.8 Å². The van der Waals surface area contributed by atoms with E-state index in [4.69, 9.17) is 14.2 Å². The molecule has 0 aliphatic heterocycles. The molecular formula is C63H102O6. The lowest BCUT2D eigenvalue weighted by Crippen LogP contribution is -2.30. The topological polar surface area (TPSA) is 78.9 Å². The molecule has 0 N–H and O–H groups in total. The van der Waals surface area contributed by atoms with Gasteiger partial charge in [0.05, 0.1) is 0 Å². The first kappa shape index (κ1) is 64.8. The lowest BCUT2D eigenvalue weighted by atomic mass is 10.0. The quantitative estimate of drug-likeness (QED) is 0.0262. The fourth-order valence-corrected chi connectivity index (χ4v) is 7.54. The summed E-state index contributed by atoms with van der Waals surface area (Å²) < 4.78 is 16.8. The number of allylic oxidation sites excluding steroid dienone is 20. The van der Waals surface area contributed by atoms with Gasteiger partial charge in [-0.2, -0.15) is 0 Å². The van der Waals surface area contributed by atoms with Crippen molar-refractivity contribution in [2.75, 3.05) is 13.2 Å². The van der Waals surface area contributed by atoms with Crippen LogP contribution in [-0.2, 0) is 28.6 Å². The van der Waals surface area contributed by atoms with E-state index in [1.54, 1.807) is 0 Å². The molecule has 0 aromatic carbocycles. The van der Waals surface area contributed by atoms with E-state index < -0.39 is 6.10 Å². The Morgan fingerprint density at radius 2 is 0.565 bits per heavy atom. The molecule has 0 saturated carbocycles. The van der Waals surface area contributed by atoms with Crippen molar-refractivity contribution in [3.8, 4) is 0 Å². The summed E-state index contributed by atoms with van der Waals surface area (Å²) >= 11 is 0. The Hall–Kier alpha value is -4.19. The maximum Gasteiger partial charge on any atom is 0.306 e. The van der Waals surface area contributed by atoms with Crippen LogP contribution in [0.3, 0.4) is 0 Å². The zero-order valence-electron chi connectivity index (χ0n) is 44.5. The molecule has 6 nitrogen and oxygen atoms in total. The van der Waals surface area contributed by atoms with Crippen LogP contribution in [0.25, 0.3) is 0 Å². The predicted molar refractivity (Wildman–Crippen MR) is 297 cm³/mol. The molecule has 0 amide bonds. The van der Waals surface area contributed by atoms with Gasteiger partial charge in [0.2, 0.25) is 0 Å². The van der Waals surface area contributed by atoms with Gasteiger partial charge in [-0.1, -0.05) is 284 Å². The molecular weight excluding hydrogens is 853 g/mol. The molecule has 0 bridgehead atoms. The normalized spacial score (nSPS) is 13.0. The van der Waals surface area contributed by atoms with Gasteiger partial charge in [-0.25, -0.2) is 0 Å². The molecule has 0 aromatic rings. The van der Waals surface area contributed by atoms with Crippen LogP contribution < -0.4 is 0 Å². The second kappa shape index (κ2) is 56.4. The van der Waals surface area contributed by atoms with Crippen molar-refractivity contribution >= 4 is 17.9 Å². The second-order valence-electron chi connectivity index (χ2n) is 18.3. The van der Waals surface area contributed by atoms with Gasteiger partial charge in [-0.3, -0.25) is 14.4 Å². The molecule has 0 aromatic heterocycles. The van der Waals surface area contributed by atoms with Crippen molar-refractivity contribution in [2.24, 2.45) is 0 Å². The van der Waals surface area contributed by atoms with Crippen molar-refractivity contribution in [2.45, 2.75) is 245 Å². The van der Waals surface area contributed by atoms with E-state index in [0.29, 0.717) is 19.3 Å². The first-order chi connectivity index (χ1) is 34.0. The van der Waals surface area contributed by atoms with Crippen molar-refractivity contribution in [3.05, 3.63) is 122 Å². The Morgan fingerprint density at radius 1 is 0.304 bits per heavy atom. The molecule has 0 aliphatic carbocycles. The number of hydrogen-bond donors (Lipinski definition) is 0. The van der Waals surface area contributed by atoms with Crippen LogP contribution in [-0.4, -0.2) is 37.2 Å². The lowest BCUT2D eigenvalue weighted by Gasteiger charge is -2.18. The molecule has 0 heterocycles. The summed E-state index contributed by atoms with van der Waals surface area (Å²) in [6.45, 7) is 6.31. The SMILES string of the molecule is CC\C=C/C=C\C=C/C=C\C=C\C=C/CCCCCC(=O)OC(COC(=O)CCCCCCC\C=C/C=C\C=C/C=C\CC)COC(=O)CCCCCCCCCCCCCCCCCCCCC. The highest BCUT2D eigenvalue weighted by Gasteiger charge is 2.19. The smallest absolute Gasteiger partial charge is 0.306 e. The summed E-state index contributed by atoms with van der Waals surface area (Å²) in [5.74, 6) is -0.974. The number of carbonyl (C=O) groups is 3. The highest BCUT2D eigenvalue weighted by atomic mass is 16.6. The zero-order valence-corrected chi connectivity index (χ0v) is 44.5. The number of esters is 3. The van der Waals surface area contributed by atoms with Gasteiger partial charge < -0.3 is 14.2 Å². The van der Waals surface area contributed by atoms with Crippen molar-refractivity contribution in [3.63, 3.8) is 0 Å².